The smallest absolute Gasteiger partial charge is 0.432 e. The number of allylic oxidation sites excluding steroid dienone is 2. The van der Waals surface area contributed by atoms with Crippen molar-refractivity contribution >= 4 is 0 Å². The second-order valence-corrected chi connectivity index (χ2v) is 13.2. The second-order valence-electron chi connectivity index (χ2n) is 13.2. The Balaban J connectivity index is 1.16. The van der Waals surface area contributed by atoms with Crippen LogP contribution in [0.25, 0.3) is 0 Å². The lowest BCUT2D eigenvalue weighted by Gasteiger charge is -2.37. The maximum Gasteiger partial charge on any atom is 0.573 e. The molecule has 0 aromatic heterocycles. The van der Waals surface area contributed by atoms with Crippen LogP contribution < -0.4 is 9.47 Å². The lowest BCUT2D eigenvalue weighted by atomic mass is 9.68. The van der Waals surface area contributed by atoms with Gasteiger partial charge in [-0.05, 0) is 93.8 Å². The molecule has 0 radical (unpaired) electrons. The topological polar surface area (TPSA) is 18.5 Å². The van der Waals surface area contributed by atoms with Crippen LogP contribution in [0.2, 0.25) is 0 Å². The molecule has 0 spiro atoms. The molecule has 244 valence electrons. The van der Waals surface area contributed by atoms with Crippen LogP contribution in [-0.4, -0.2) is 12.5 Å². The van der Waals surface area contributed by atoms with Crippen LogP contribution in [0, 0.1) is 47.1 Å². The second kappa shape index (κ2) is 15.4. The highest BCUT2D eigenvalue weighted by atomic mass is 19.4. The number of alkyl halides is 5. The summed E-state index contributed by atoms with van der Waals surface area (Å²) in [6.07, 6.45) is 14.3. The van der Waals surface area contributed by atoms with E-state index in [2.05, 4.69) is 28.5 Å². The van der Waals surface area contributed by atoms with Gasteiger partial charge in [-0.15, -0.1) is 13.2 Å². The summed E-state index contributed by atoms with van der Waals surface area (Å²) in [5, 5.41) is 0. The zero-order chi connectivity index (χ0) is 31.0. The fourth-order valence-corrected chi connectivity index (χ4v) is 7.63. The summed E-state index contributed by atoms with van der Waals surface area (Å²) >= 11 is 0. The van der Waals surface area contributed by atoms with E-state index in [0.717, 1.165) is 17.8 Å². The Hall–Kier alpha value is -1.93. The average Bonchev–Trinajstić information content (AvgIpc) is 2.96. The van der Waals surface area contributed by atoms with Crippen molar-refractivity contribution in [2.24, 2.45) is 35.5 Å². The Morgan fingerprint density at radius 3 is 1.70 bits per heavy atom. The van der Waals surface area contributed by atoms with Gasteiger partial charge in [-0.3, -0.25) is 0 Å². The Morgan fingerprint density at radius 1 is 0.674 bits per heavy atom. The monoisotopic (exact) mass is 620 g/mol. The first kappa shape index (κ1) is 34.0. The minimum atomic E-state index is -5.33. The van der Waals surface area contributed by atoms with Crippen LogP contribution in [-0.2, 0) is 0 Å². The Morgan fingerprint density at radius 2 is 1.19 bits per heavy atom. The molecule has 0 atom stereocenters. The van der Waals surface area contributed by atoms with Crippen molar-refractivity contribution in [2.75, 3.05) is 0 Å². The van der Waals surface area contributed by atoms with Crippen molar-refractivity contribution in [1.29, 1.82) is 0 Å². The summed E-state index contributed by atoms with van der Waals surface area (Å²) in [7, 11) is 0. The number of hydrogen-bond donors (Lipinski definition) is 0. The highest BCUT2D eigenvalue weighted by Crippen LogP contribution is 2.44. The van der Waals surface area contributed by atoms with Gasteiger partial charge in [0.05, 0.1) is 5.92 Å². The first-order valence-electron chi connectivity index (χ1n) is 16.4. The molecular formula is C34H47F7O2. The van der Waals surface area contributed by atoms with Crippen LogP contribution in [0.3, 0.4) is 0 Å². The van der Waals surface area contributed by atoms with Crippen molar-refractivity contribution in [3.05, 3.63) is 35.9 Å². The molecule has 3 fully saturated rings. The van der Waals surface area contributed by atoms with E-state index in [1.165, 1.54) is 83.5 Å². The van der Waals surface area contributed by atoms with Crippen molar-refractivity contribution in [1.82, 2.24) is 0 Å². The van der Waals surface area contributed by atoms with E-state index in [1.54, 1.807) is 0 Å². The van der Waals surface area contributed by atoms with E-state index in [-0.39, 0.29) is 30.9 Å². The maximum atomic E-state index is 14.8. The van der Waals surface area contributed by atoms with Crippen molar-refractivity contribution in [3.63, 3.8) is 0 Å². The standard InChI is InChI=1S/C34H47F7O2/c1-2-3-4-5-6-23-9-15-26(16-10-23)27-17-11-24(12-18-27)7-8-25-13-19-28(20-14-25)33(37,38)42-29-21-30(35)32(31(36)22-29)43-34(39,40)41/h7-8,21-28H,2-6,9-20H2,1H3/b8-7+. The molecule has 3 aliphatic rings. The first-order chi connectivity index (χ1) is 20.4. The van der Waals surface area contributed by atoms with Gasteiger partial charge in [-0.25, -0.2) is 8.78 Å². The summed E-state index contributed by atoms with van der Waals surface area (Å²) in [6.45, 7) is 2.26. The zero-order valence-electron chi connectivity index (χ0n) is 25.3. The van der Waals surface area contributed by atoms with Gasteiger partial charge in [0.15, 0.2) is 11.6 Å². The molecule has 1 aromatic carbocycles. The number of halogens is 7. The minimum absolute atomic E-state index is 0.177. The van der Waals surface area contributed by atoms with E-state index in [0.29, 0.717) is 18.8 Å². The molecule has 4 rings (SSSR count). The first-order valence-corrected chi connectivity index (χ1v) is 16.4. The van der Waals surface area contributed by atoms with E-state index in [1.807, 2.05) is 0 Å². The predicted octanol–water partition coefficient (Wildman–Crippen LogP) is 11.8. The van der Waals surface area contributed by atoms with Crippen LogP contribution in [0.5, 0.6) is 11.5 Å². The number of hydrogen-bond acceptors (Lipinski definition) is 2. The third-order valence-electron chi connectivity index (χ3n) is 10.2. The molecule has 1 aromatic rings. The molecule has 0 aliphatic heterocycles. The summed E-state index contributed by atoms with van der Waals surface area (Å²) in [4.78, 5) is 0. The summed E-state index contributed by atoms with van der Waals surface area (Å²) in [5.41, 5.74) is 0. The third kappa shape index (κ3) is 10.3. The molecule has 3 aliphatic carbocycles. The Labute approximate surface area is 251 Å². The van der Waals surface area contributed by atoms with Gasteiger partial charge in [0.25, 0.3) is 0 Å². The number of ether oxygens (including phenoxy) is 2. The summed E-state index contributed by atoms with van der Waals surface area (Å²) in [5.74, 6) is -3.88. The molecule has 0 amide bonds. The molecule has 0 bridgehead atoms. The van der Waals surface area contributed by atoms with Crippen LogP contribution >= 0.6 is 0 Å². The van der Waals surface area contributed by atoms with Gasteiger partial charge in [-0.2, -0.15) is 8.78 Å². The van der Waals surface area contributed by atoms with Crippen molar-refractivity contribution in [3.8, 4) is 11.5 Å². The molecule has 9 heteroatoms. The Bertz CT molecular complexity index is 993. The number of rotatable bonds is 12. The normalized spacial score (nSPS) is 29.1. The highest BCUT2D eigenvalue weighted by molar-refractivity contribution is 5.35. The largest absolute Gasteiger partial charge is 0.573 e. The van der Waals surface area contributed by atoms with E-state index >= 15 is 0 Å². The van der Waals surface area contributed by atoms with Gasteiger partial charge in [0.1, 0.15) is 5.75 Å². The lowest BCUT2D eigenvalue weighted by Crippen LogP contribution is -2.37. The fourth-order valence-electron chi connectivity index (χ4n) is 7.63. The van der Waals surface area contributed by atoms with Gasteiger partial charge in [0, 0.05) is 12.1 Å². The maximum absolute atomic E-state index is 14.8. The number of unbranched alkanes of at least 4 members (excludes halogenated alkanes) is 3. The molecule has 3 saturated carbocycles. The predicted molar refractivity (Wildman–Crippen MR) is 153 cm³/mol. The van der Waals surface area contributed by atoms with E-state index in [4.69, 9.17) is 0 Å². The summed E-state index contributed by atoms with van der Waals surface area (Å²) in [6, 6.07) is 0.559. The molecule has 43 heavy (non-hydrogen) atoms. The van der Waals surface area contributed by atoms with Gasteiger partial charge in [0.2, 0.25) is 5.75 Å². The quantitative estimate of drug-likeness (QED) is 0.131. The lowest BCUT2D eigenvalue weighted by molar-refractivity contribution is -0.276. The molecule has 0 unspecified atom stereocenters. The van der Waals surface area contributed by atoms with E-state index < -0.39 is 41.5 Å². The minimum Gasteiger partial charge on any atom is -0.432 e. The third-order valence-corrected chi connectivity index (χ3v) is 10.2. The van der Waals surface area contributed by atoms with Crippen molar-refractivity contribution in [2.45, 2.75) is 129 Å². The van der Waals surface area contributed by atoms with Crippen LogP contribution in [0.4, 0.5) is 30.7 Å². The summed E-state index contributed by atoms with van der Waals surface area (Å²) < 4.78 is 102. The van der Waals surface area contributed by atoms with Gasteiger partial charge < -0.3 is 9.47 Å². The highest BCUT2D eigenvalue weighted by Gasteiger charge is 2.44. The van der Waals surface area contributed by atoms with Crippen molar-refractivity contribution < 1.29 is 40.2 Å². The molecule has 0 saturated heterocycles. The molecule has 0 heterocycles. The van der Waals surface area contributed by atoms with E-state index in [9.17, 15) is 30.7 Å². The number of benzene rings is 1. The molecular weight excluding hydrogens is 573 g/mol. The molecule has 2 nitrogen and oxygen atoms in total. The van der Waals surface area contributed by atoms with Gasteiger partial charge >= 0.3 is 12.5 Å². The van der Waals surface area contributed by atoms with Gasteiger partial charge in [-0.1, -0.05) is 64.0 Å². The SMILES string of the molecule is CCCCCCC1CCC(C2CCC(/C=C/C3CCC(C(F)(F)Oc4cc(F)c(OC(F)(F)F)c(F)c4)CC3)CC2)CC1. The fraction of sp³-hybridized carbons (Fsp3) is 0.765. The Kier molecular flexibility index (Phi) is 12.1. The van der Waals surface area contributed by atoms with Crippen LogP contribution in [0.15, 0.2) is 24.3 Å². The average molecular weight is 621 g/mol. The van der Waals surface area contributed by atoms with Crippen LogP contribution in [0.1, 0.15) is 116 Å². The molecule has 0 N–H and O–H groups in total. The zero-order valence-corrected chi connectivity index (χ0v) is 25.3.